The zero-order valence-electron chi connectivity index (χ0n) is 22.2. The summed E-state index contributed by atoms with van der Waals surface area (Å²) in [6, 6.07) is 26.0. The van der Waals surface area contributed by atoms with Gasteiger partial charge >= 0.3 is 5.97 Å². The maximum Gasteiger partial charge on any atom is 0.310 e. The Bertz CT molecular complexity index is 1330. The van der Waals surface area contributed by atoms with Crippen LogP contribution in [0.15, 0.2) is 78.9 Å². The van der Waals surface area contributed by atoms with Crippen LogP contribution in [0.1, 0.15) is 34.7 Å². The highest BCUT2D eigenvalue weighted by molar-refractivity contribution is 5.91. The zero-order valence-corrected chi connectivity index (χ0v) is 22.2. The normalized spacial score (nSPS) is 10.9. The van der Waals surface area contributed by atoms with Crippen LogP contribution in [0.2, 0.25) is 0 Å². The lowest BCUT2D eigenvalue weighted by Crippen LogP contribution is -2.12. The second kappa shape index (κ2) is 13.6. The number of fused-ring (bicyclic) bond motifs is 1. The van der Waals surface area contributed by atoms with Gasteiger partial charge in [0.2, 0.25) is 0 Å². The molecule has 0 radical (unpaired) electrons. The van der Waals surface area contributed by atoms with Gasteiger partial charge in [-0.25, -0.2) is 0 Å². The quantitative estimate of drug-likeness (QED) is 0.193. The predicted octanol–water partition coefficient (Wildman–Crippen LogP) is 6.40. The Labute approximate surface area is 224 Å². The standard InChI is InChI=1S/C32H34O6/c1-4-38-32(33)17-26-15-25-16-30(34-2)31(35-3)18-27(25)29(22-37-20-24-13-9-6-10-14-24)28(26)21-36-19-23-11-7-5-8-12-23/h5-16,18H,4,17,19-22H2,1-3H3. The number of carbonyl (C=O) groups excluding carboxylic acids is 1. The van der Waals surface area contributed by atoms with Gasteiger partial charge in [0.1, 0.15) is 0 Å². The van der Waals surface area contributed by atoms with Crippen LogP contribution in [0.3, 0.4) is 0 Å². The summed E-state index contributed by atoms with van der Waals surface area (Å²) in [5, 5.41) is 1.88. The van der Waals surface area contributed by atoms with E-state index >= 15 is 0 Å². The third kappa shape index (κ3) is 6.91. The van der Waals surface area contributed by atoms with Crippen molar-refractivity contribution in [3.05, 3.63) is 107 Å². The molecule has 0 saturated carbocycles. The first-order valence-electron chi connectivity index (χ1n) is 12.7. The molecule has 0 amide bonds. The van der Waals surface area contributed by atoms with Crippen molar-refractivity contribution in [1.29, 1.82) is 0 Å². The van der Waals surface area contributed by atoms with Crippen LogP contribution in [0, 0.1) is 0 Å². The molecule has 4 rings (SSSR count). The van der Waals surface area contributed by atoms with Gasteiger partial charge in [-0.3, -0.25) is 4.79 Å². The molecule has 0 fully saturated rings. The van der Waals surface area contributed by atoms with Crippen molar-refractivity contribution in [2.45, 2.75) is 39.8 Å². The molecule has 198 valence electrons. The number of hydrogen-bond donors (Lipinski definition) is 0. The highest BCUT2D eigenvalue weighted by atomic mass is 16.5. The van der Waals surface area contributed by atoms with E-state index in [1.165, 1.54) is 0 Å². The van der Waals surface area contributed by atoms with E-state index in [1.807, 2.05) is 85.8 Å². The molecule has 0 spiro atoms. The summed E-state index contributed by atoms with van der Waals surface area (Å²) in [4.78, 5) is 12.6. The fraction of sp³-hybridized carbons (Fsp3) is 0.281. The molecule has 4 aromatic rings. The van der Waals surface area contributed by atoms with Gasteiger partial charge in [-0.05, 0) is 57.6 Å². The lowest BCUT2D eigenvalue weighted by atomic mass is 9.92. The van der Waals surface area contributed by atoms with Crippen LogP contribution in [-0.2, 0) is 51.9 Å². The first-order valence-corrected chi connectivity index (χ1v) is 12.7. The van der Waals surface area contributed by atoms with Gasteiger partial charge in [-0.1, -0.05) is 66.7 Å². The van der Waals surface area contributed by atoms with Crippen molar-refractivity contribution in [1.82, 2.24) is 0 Å². The zero-order chi connectivity index (χ0) is 26.7. The Morgan fingerprint density at radius 1 is 0.684 bits per heavy atom. The maximum absolute atomic E-state index is 12.6. The molecule has 38 heavy (non-hydrogen) atoms. The van der Waals surface area contributed by atoms with Crippen molar-refractivity contribution in [3.8, 4) is 11.5 Å². The highest BCUT2D eigenvalue weighted by Gasteiger charge is 2.19. The van der Waals surface area contributed by atoms with E-state index in [-0.39, 0.29) is 12.4 Å². The minimum absolute atomic E-state index is 0.133. The number of esters is 1. The Morgan fingerprint density at radius 2 is 1.24 bits per heavy atom. The van der Waals surface area contributed by atoms with Crippen LogP contribution < -0.4 is 9.47 Å². The average Bonchev–Trinajstić information content (AvgIpc) is 2.94. The first-order chi connectivity index (χ1) is 18.6. The monoisotopic (exact) mass is 514 g/mol. The minimum Gasteiger partial charge on any atom is -0.493 e. The lowest BCUT2D eigenvalue weighted by Gasteiger charge is -2.20. The number of benzene rings is 4. The lowest BCUT2D eigenvalue weighted by molar-refractivity contribution is -0.142. The van der Waals surface area contributed by atoms with E-state index in [4.69, 9.17) is 23.7 Å². The molecular formula is C32H34O6. The smallest absolute Gasteiger partial charge is 0.310 e. The summed E-state index contributed by atoms with van der Waals surface area (Å²) >= 11 is 0. The number of hydrogen-bond acceptors (Lipinski definition) is 6. The Morgan fingerprint density at radius 3 is 1.79 bits per heavy atom. The predicted molar refractivity (Wildman–Crippen MR) is 147 cm³/mol. The average molecular weight is 515 g/mol. The van der Waals surface area contributed by atoms with E-state index < -0.39 is 0 Å². The van der Waals surface area contributed by atoms with Crippen molar-refractivity contribution in [2.75, 3.05) is 20.8 Å². The molecule has 0 unspecified atom stereocenters. The fourth-order valence-corrected chi connectivity index (χ4v) is 4.47. The van der Waals surface area contributed by atoms with Gasteiger partial charge in [-0.2, -0.15) is 0 Å². The Kier molecular flexibility index (Phi) is 9.73. The van der Waals surface area contributed by atoms with Crippen molar-refractivity contribution in [3.63, 3.8) is 0 Å². The molecular weight excluding hydrogens is 480 g/mol. The summed E-state index contributed by atoms with van der Waals surface area (Å²) in [5.41, 5.74) is 4.87. The third-order valence-corrected chi connectivity index (χ3v) is 6.32. The third-order valence-electron chi connectivity index (χ3n) is 6.32. The first kappa shape index (κ1) is 27.2. The van der Waals surface area contributed by atoms with Gasteiger partial charge in [-0.15, -0.1) is 0 Å². The molecule has 0 heterocycles. The van der Waals surface area contributed by atoms with E-state index in [2.05, 4.69) is 0 Å². The summed E-state index contributed by atoms with van der Waals surface area (Å²) in [7, 11) is 3.23. The summed E-state index contributed by atoms with van der Waals surface area (Å²) in [6.45, 7) is 3.70. The van der Waals surface area contributed by atoms with Gasteiger partial charge < -0.3 is 23.7 Å². The molecule has 0 saturated heterocycles. The minimum atomic E-state index is -0.284. The van der Waals surface area contributed by atoms with Crippen molar-refractivity contribution >= 4 is 16.7 Å². The number of methoxy groups -OCH3 is 2. The molecule has 0 aliphatic carbocycles. The van der Waals surface area contributed by atoms with E-state index in [0.717, 1.165) is 38.6 Å². The SMILES string of the molecule is CCOC(=O)Cc1cc2cc(OC)c(OC)cc2c(COCc2ccccc2)c1COCc1ccccc1. The maximum atomic E-state index is 12.6. The van der Waals surface area contributed by atoms with Crippen LogP contribution in [0.5, 0.6) is 11.5 Å². The molecule has 0 N–H and O–H groups in total. The van der Waals surface area contributed by atoms with Crippen molar-refractivity contribution in [2.24, 2.45) is 0 Å². The van der Waals surface area contributed by atoms with Gasteiger partial charge in [0.05, 0.1) is 53.7 Å². The van der Waals surface area contributed by atoms with E-state index in [1.54, 1.807) is 14.2 Å². The van der Waals surface area contributed by atoms with Gasteiger partial charge in [0, 0.05) is 0 Å². The van der Waals surface area contributed by atoms with Gasteiger partial charge in [0.15, 0.2) is 11.5 Å². The second-order valence-electron chi connectivity index (χ2n) is 8.86. The molecule has 0 aliphatic heterocycles. The van der Waals surface area contributed by atoms with Crippen molar-refractivity contribution < 1.29 is 28.5 Å². The van der Waals surface area contributed by atoms with E-state index in [0.29, 0.717) is 44.5 Å². The molecule has 0 bridgehead atoms. The fourth-order valence-electron chi connectivity index (χ4n) is 4.47. The number of rotatable bonds is 13. The van der Waals surface area contributed by atoms with Crippen LogP contribution in [-0.4, -0.2) is 26.8 Å². The highest BCUT2D eigenvalue weighted by Crippen LogP contribution is 2.37. The topological polar surface area (TPSA) is 63.2 Å². The summed E-state index contributed by atoms with van der Waals surface area (Å²) < 4.78 is 28.8. The molecule has 6 heteroatoms. The summed E-state index contributed by atoms with van der Waals surface area (Å²) in [5.74, 6) is 0.956. The Balaban J connectivity index is 1.75. The second-order valence-corrected chi connectivity index (χ2v) is 8.86. The molecule has 4 aromatic carbocycles. The molecule has 6 nitrogen and oxygen atoms in total. The van der Waals surface area contributed by atoms with E-state index in [9.17, 15) is 4.79 Å². The molecule has 0 aromatic heterocycles. The number of ether oxygens (including phenoxy) is 5. The number of carbonyl (C=O) groups is 1. The largest absolute Gasteiger partial charge is 0.493 e. The molecule has 0 aliphatic rings. The summed E-state index contributed by atoms with van der Waals surface area (Å²) in [6.07, 6.45) is 0.133. The van der Waals surface area contributed by atoms with Crippen LogP contribution >= 0.6 is 0 Å². The Hall–Kier alpha value is -3.87. The van der Waals surface area contributed by atoms with Gasteiger partial charge in [0.25, 0.3) is 0 Å². The molecule has 0 atom stereocenters. The van der Waals surface area contributed by atoms with Crippen LogP contribution in [0.25, 0.3) is 10.8 Å². The van der Waals surface area contributed by atoms with Crippen LogP contribution in [0.4, 0.5) is 0 Å².